The van der Waals surface area contributed by atoms with Gasteiger partial charge in [-0.2, -0.15) is 0 Å². The summed E-state index contributed by atoms with van der Waals surface area (Å²) in [7, 11) is 0. The maximum absolute atomic E-state index is 13.3. The van der Waals surface area contributed by atoms with E-state index < -0.39 is 17.2 Å². The smallest absolute Gasteiger partial charge is 0.310 e. The zero-order valence-corrected chi connectivity index (χ0v) is 12.4. The third-order valence-electron chi connectivity index (χ3n) is 3.74. The molecule has 0 saturated heterocycles. The number of benzene rings is 1. The molecular formula is C14H15BrFNO3. The normalized spacial score (nSPS) is 16.3. The highest BCUT2D eigenvalue weighted by atomic mass is 79.9. The van der Waals surface area contributed by atoms with E-state index >= 15 is 0 Å². The first-order valence-corrected chi connectivity index (χ1v) is 7.16. The van der Waals surface area contributed by atoms with E-state index in [1.165, 1.54) is 6.07 Å². The number of halogens is 2. The monoisotopic (exact) mass is 343 g/mol. The number of hydrogen-bond acceptors (Lipinski definition) is 2. The van der Waals surface area contributed by atoms with Gasteiger partial charge < -0.3 is 10.4 Å². The standard InChI is InChI=1S/C14H15BrFNO3/c15-10-3-2-9(6-11(10)16)8-17-12(18)7-14(13(19)20)4-1-5-14/h2-3,6H,1,4-5,7-8H2,(H,17,18)(H,19,20). The van der Waals surface area contributed by atoms with Crippen LogP contribution in [0.5, 0.6) is 0 Å². The Hall–Kier alpha value is -1.43. The lowest BCUT2D eigenvalue weighted by molar-refractivity contribution is -0.157. The number of carbonyl (C=O) groups is 2. The molecule has 0 aliphatic heterocycles. The minimum atomic E-state index is -0.909. The molecule has 0 bridgehead atoms. The molecule has 0 atom stereocenters. The molecule has 2 N–H and O–H groups in total. The molecule has 1 amide bonds. The van der Waals surface area contributed by atoms with Gasteiger partial charge in [-0.05, 0) is 46.5 Å². The predicted molar refractivity (Wildman–Crippen MR) is 74.5 cm³/mol. The molecular weight excluding hydrogens is 329 g/mol. The van der Waals surface area contributed by atoms with E-state index in [-0.39, 0.29) is 18.9 Å². The first-order valence-electron chi connectivity index (χ1n) is 6.37. The second-order valence-electron chi connectivity index (χ2n) is 5.14. The minimum absolute atomic E-state index is 0.0126. The summed E-state index contributed by atoms with van der Waals surface area (Å²) in [5, 5.41) is 11.8. The molecule has 0 heterocycles. The van der Waals surface area contributed by atoms with Crippen molar-refractivity contribution < 1.29 is 19.1 Å². The van der Waals surface area contributed by atoms with Crippen LogP contribution >= 0.6 is 15.9 Å². The second-order valence-corrected chi connectivity index (χ2v) is 6.00. The summed E-state index contributed by atoms with van der Waals surface area (Å²) < 4.78 is 13.7. The SMILES string of the molecule is O=C(CC1(C(=O)O)CCC1)NCc1ccc(Br)c(F)c1. The fourth-order valence-corrected chi connectivity index (χ4v) is 2.54. The van der Waals surface area contributed by atoms with Crippen LogP contribution in [0.25, 0.3) is 0 Å². The van der Waals surface area contributed by atoms with Gasteiger partial charge in [0.15, 0.2) is 0 Å². The molecule has 0 unspecified atom stereocenters. The summed E-state index contributed by atoms with van der Waals surface area (Å²) in [5.41, 5.74) is -0.258. The highest BCUT2D eigenvalue weighted by molar-refractivity contribution is 9.10. The van der Waals surface area contributed by atoms with Gasteiger partial charge in [-0.1, -0.05) is 12.5 Å². The van der Waals surface area contributed by atoms with Crippen LogP contribution in [0.2, 0.25) is 0 Å². The van der Waals surface area contributed by atoms with Gasteiger partial charge in [0.25, 0.3) is 0 Å². The van der Waals surface area contributed by atoms with Gasteiger partial charge in [0.2, 0.25) is 5.91 Å². The van der Waals surface area contributed by atoms with Crippen molar-refractivity contribution in [2.24, 2.45) is 5.41 Å². The molecule has 0 aromatic heterocycles. The lowest BCUT2D eigenvalue weighted by Gasteiger charge is -2.36. The van der Waals surface area contributed by atoms with E-state index in [1.54, 1.807) is 12.1 Å². The van der Waals surface area contributed by atoms with Gasteiger partial charge >= 0.3 is 5.97 Å². The Morgan fingerprint density at radius 2 is 2.10 bits per heavy atom. The first-order chi connectivity index (χ1) is 9.43. The Kier molecular flexibility index (Phi) is 4.42. The van der Waals surface area contributed by atoms with Crippen molar-refractivity contribution in [2.45, 2.75) is 32.2 Å². The van der Waals surface area contributed by atoms with Crippen LogP contribution in [-0.2, 0) is 16.1 Å². The fourth-order valence-electron chi connectivity index (χ4n) is 2.29. The largest absolute Gasteiger partial charge is 0.481 e. The van der Waals surface area contributed by atoms with E-state index in [4.69, 9.17) is 5.11 Å². The molecule has 6 heteroatoms. The van der Waals surface area contributed by atoms with Gasteiger partial charge in [0.1, 0.15) is 5.82 Å². The maximum Gasteiger partial charge on any atom is 0.310 e. The zero-order valence-electron chi connectivity index (χ0n) is 10.8. The van der Waals surface area contributed by atoms with Gasteiger partial charge in [-0.3, -0.25) is 9.59 Å². The highest BCUT2D eigenvalue weighted by Crippen LogP contribution is 2.44. The number of carboxylic acid groups (broad SMARTS) is 1. The number of carbonyl (C=O) groups excluding carboxylic acids is 1. The highest BCUT2D eigenvalue weighted by Gasteiger charge is 2.45. The maximum atomic E-state index is 13.3. The Bertz CT molecular complexity index is 543. The molecule has 108 valence electrons. The first kappa shape index (κ1) is 15.0. The summed E-state index contributed by atoms with van der Waals surface area (Å²) in [6, 6.07) is 4.60. The zero-order chi connectivity index (χ0) is 14.8. The molecule has 1 aliphatic carbocycles. The number of rotatable bonds is 5. The molecule has 1 aromatic carbocycles. The number of amides is 1. The predicted octanol–water partition coefficient (Wildman–Crippen LogP) is 2.85. The van der Waals surface area contributed by atoms with Crippen LogP contribution in [0.15, 0.2) is 22.7 Å². The molecule has 2 rings (SSSR count). The molecule has 4 nitrogen and oxygen atoms in total. The van der Waals surface area contributed by atoms with Gasteiger partial charge in [0, 0.05) is 13.0 Å². The molecule has 0 spiro atoms. The summed E-state index contributed by atoms with van der Waals surface area (Å²) in [5.74, 6) is -1.61. The van der Waals surface area contributed by atoms with Crippen molar-refractivity contribution in [3.8, 4) is 0 Å². The summed E-state index contributed by atoms with van der Waals surface area (Å²) >= 11 is 3.05. The molecule has 1 aromatic rings. The Morgan fingerprint density at radius 1 is 1.40 bits per heavy atom. The van der Waals surface area contributed by atoms with Crippen molar-refractivity contribution >= 4 is 27.8 Å². The number of nitrogens with one attached hydrogen (secondary N) is 1. The Balaban J connectivity index is 1.89. The van der Waals surface area contributed by atoms with Crippen LogP contribution in [-0.4, -0.2) is 17.0 Å². The lowest BCUT2D eigenvalue weighted by atomic mass is 9.66. The summed E-state index contributed by atoms with van der Waals surface area (Å²) in [6.45, 7) is 0.193. The van der Waals surface area contributed by atoms with Crippen LogP contribution in [0.4, 0.5) is 4.39 Å². The third-order valence-corrected chi connectivity index (χ3v) is 4.38. The van der Waals surface area contributed by atoms with Gasteiger partial charge in [-0.15, -0.1) is 0 Å². The van der Waals surface area contributed by atoms with E-state index in [0.29, 0.717) is 22.9 Å². The quantitative estimate of drug-likeness (QED) is 0.863. The lowest BCUT2D eigenvalue weighted by Crippen LogP contribution is -2.42. The average Bonchev–Trinajstić information content (AvgIpc) is 2.35. The van der Waals surface area contributed by atoms with Crippen molar-refractivity contribution in [2.75, 3.05) is 0 Å². The molecule has 1 fully saturated rings. The van der Waals surface area contributed by atoms with Crippen LogP contribution in [0.3, 0.4) is 0 Å². The third kappa shape index (κ3) is 3.17. The van der Waals surface area contributed by atoms with Crippen molar-refractivity contribution in [1.29, 1.82) is 0 Å². The van der Waals surface area contributed by atoms with Gasteiger partial charge in [0.05, 0.1) is 9.89 Å². The van der Waals surface area contributed by atoms with Crippen LogP contribution < -0.4 is 5.32 Å². The number of hydrogen-bond donors (Lipinski definition) is 2. The average molecular weight is 344 g/mol. The molecule has 0 radical (unpaired) electrons. The van der Waals surface area contributed by atoms with Crippen LogP contribution in [0, 0.1) is 11.2 Å². The molecule has 1 saturated carbocycles. The summed E-state index contributed by atoms with van der Waals surface area (Å²) in [6.07, 6.45) is 1.92. The Labute approximate surface area is 124 Å². The van der Waals surface area contributed by atoms with Crippen molar-refractivity contribution in [3.63, 3.8) is 0 Å². The van der Waals surface area contributed by atoms with E-state index in [2.05, 4.69) is 21.2 Å². The summed E-state index contributed by atoms with van der Waals surface area (Å²) in [4.78, 5) is 23.0. The van der Waals surface area contributed by atoms with Crippen molar-refractivity contribution in [1.82, 2.24) is 5.32 Å². The molecule has 1 aliphatic rings. The van der Waals surface area contributed by atoms with Gasteiger partial charge in [-0.25, -0.2) is 4.39 Å². The van der Waals surface area contributed by atoms with E-state index in [0.717, 1.165) is 6.42 Å². The van der Waals surface area contributed by atoms with Crippen molar-refractivity contribution in [3.05, 3.63) is 34.1 Å². The second kappa shape index (κ2) is 5.91. The topological polar surface area (TPSA) is 66.4 Å². The minimum Gasteiger partial charge on any atom is -0.481 e. The molecule has 20 heavy (non-hydrogen) atoms. The number of aliphatic carboxylic acids is 1. The van der Waals surface area contributed by atoms with E-state index in [1.807, 2.05) is 0 Å². The Morgan fingerprint density at radius 3 is 2.60 bits per heavy atom. The van der Waals surface area contributed by atoms with Crippen LogP contribution in [0.1, 0.15) is 31.2 Å². The fraction of sp³-hybridized carbons (Fsp3) is 0.429. The number of carboxylic acids is 1. The van der Waals surface area contributed by atoms with E-state index in [9.17, 15) is 14.0 Å².